The summed E-state index contributed by atoms with van der Waals surface area (Å²) in [7, 11) is 0. The molecule has 0 saturated carbocycles. The van der Waals surface area contributed by atoms with E-state index in [0.717, 1.165) is 22.3 Å². The number of para-hydroxylation sites is 2. The zero-order chi connectivity index (χ0) is 16.7. The highest BCUT2D eigenvalue weighted by Gasteiger charge is 2.12. The van der Waals surface area contributed by atoms with Crippen LogP contribution in [0.1, 0.15) is 22.3 Å². The summed E-state index contributed by atoms with van der Waals surface area (Å²) in [5.41, 5.74) is 4.05. The molecule has 0 aliphatic carbocycles. The molecule has 23 heavy (non-hydrogen) atoms. The van der Waals surface area contributed by atoms with E-state index in [0.29, 0.717) is 17.8 Å². The number of benzene rings is 2. The lowest BCUT2D eigenvalue weighted by Gasteiger charge is -2.11. The fourth-order valence-electron chi connectivity index (χ4n) is 2.37. The van der Waals surface area contributed by atoms with Gasteiger partial charge in [0.2, 0.25) is 12.2 Å². The van der Waals surface area contributed by atoms with E-state index in [1.807, 2.05) is 24.3 Å². The Morgan fingerprint density at radius 2 is 1.13 bits per heavy atom. The van der Waals surface area contributed by atoms with Crippen molar-refractivity contribution in [1.82, 2.24) is 0 Å². The quantitative estimate of drug-likeness (QED) is 0.432. The zero-order valence-corrected chi connectivity index (χ0v) is 13.6. The average molecular weight is 347 g/mol. The van der Waals surface area contributed by atoms with Gasteiger partial charge in [-0.1, -0.05) is 36.4 Å². The third-order valence-corrected chi connectivity index (χ3v) is 3.97. The minimum absolute atomic E-state index is 0.232. The van der Waals surface area contributed by atoms with Gasteiger partial charge < -0.3 is 0 Å². The summed E-state index contributed by atoms with van der Waals surface area (Å²) < 4.78 is 0. The molecule has 0 aromatic heterocycles. The largest absolute Gasteiger partial charge is 0.240 e. The van der Waals surface area contributed by atoms with Gasteiger partial charge in [-0.25, -0.2) is 9.59 Å². The lowest BCUT2D eigenvalue weighted by Crippen LogP contribution is -1.94. The molecule has 4 nitrogen and oxygen atoms in total. The van der Waals surface area contributed by atoms with Crippen molar-refractivity contribution >= 4 is 46.7 Å². The summed E-state index contributed by atoms with van der Waals surface area (Å²) in [5, 5.41) is 0. The molecule has 0 amide bonds. The zero-order valence-electron chi connectivity index (χ0n) is 12.1. The smallest absolute Gasteiger partial charge is 0.211 e. The second-order valence-electron chi connectivity index (χ2n) is 4.70. The van der Waals surface area contributed by atoms with Crippen molar-refractivity contribution in [3.05, 3.63) is 58.7 Å². The standard InChI is InChI=1S/C17H12Cl2N2O2/c18-8-14-5-1-3-12(16(14)20-10-22)7-13-4-2-6-15(9-19)17(13)21-11-23/h1-6H,7-9H2. The van der Waals surface area contributed by atoms with Crippen LogP contribution >= 0.6 is 23.2 Å². The Kier molecular flexibility index (Phi) is 6.28. The highest BCUT2D eigenvalue weighted by Crippen LogP contribution is 2.32. The molecule has 0 aliphatic heterocycles. The molecule has 0 aliphatic rings. The van der Waals surface area contributed by atoms with Gasteiger partial charge in [-0.15, -0.1) is 23.2 Å². The lowest BCUT2D eigenvalue weighted by molar-refractivity contribution is 0.564. The van der Waals surface area contributed by atoms with Crippen LogP contribution in [0, 0.1) is 0 Å². The average Bonchev–Trinajstić information content (AvgIpc) is 2.58. The van der Waals surface area contributed by atoms with Crippen molar-refractivity contribution in [1.29, 1.82) is 0 Å². The highest BCUT2D eigenvalue weighted by atomic mass is 35.5. The maximum absolute atomic E-state index is 10.7. The molecule has 0 saturated heterocycles. The van der Waals surface area contributed by atoms with E-state index >= 15 is 0 Å². The summed E-state index contributed by atoms with van der Waals surface area (Å²) in [6.07, 6.45) is 3.54. The summed E-state index contributed by atoms with van der Waals surface area (Å²) in [4.78, 5) is 28.9. The van der Waals surface area contributed by atoms with Crippen molar-refractivity contribution < 1.29 is 9.59 Å². The second-order valence-corrected chi connectivity index (χ2v) is 5.23. The van der Waals surface area contributed by atoms with Crippen molar-refractivity contribution in [3.8, 4) is 0 Å². The van der Waals surface area contributed by atoms with E-state index in [2.05, 4.69) is 9.98 Å². The first-order valence-electron chi connectivity index (χ1n) is 6.74. The number of halogens is 2. The molecular weight excluding hydrogens is 335 g/mol. The van der Waals surface area contributed by atoms with Crippen LogP contribution in [0.2, 0.25) is 0 Å². The predicted octanol–water partition coefficient (Wildman–Crippen LogP) is 4.69. The number of nitrogens with zero attached hydrogens (tertiary/aromatic N) is 2. The van der Waals surface area contributed by atoms with Gasteiger partial charge in [0.25, 0.3) is 0 Å². The third kappa shape index (κ3) is 3.95. The number of isocyanates is 2. The third-order valence-electron chi connectivity index (χ3n) is 3.39. The Bertz CT molecular complexity index is 741. The SMILES string of the molecule is O=C=Nc1c(CCl)cccc1Cc1cccc(CCl)c1N=C=O. The minimum atomic E-state index is 0.232. The molecule has 0 spiro atoms. The van der Waals surface area contributed by atoms with Crippen LogP contribution in [-0.2, 0) is 27.8 Å². The molecule has 0 radical (unpaired) electrons. The van der Waals surface area contributed by atoms with Gasteiger partial charge in [0.15, 0.2) is 0 Å². The van der Waals surface area contributed by atoms with Gasteiger partial charge in [0, 0.05) is 18.2 Å². The number of hydrogen-bond acceptors (Lipinski definition) is 4. The summed E-state index contributed by atoms with van der Waals surface area (Å²) >= 11 is 11.8. The Hall–Kier alpha value is -2.22. The summed E-state index contributed by atoms with van der Waals surface area (Å²) in [5.74, 6) is 0.463. The van der Waals surface area contributed by atoms with Gasteiger partial charge >= 0.3 is 0 Å². The van der Waals surface area contributed by atoms with E-state index in [-0.39, 0.29) is 11.8 Å². The Morgan fingerprint density at radius 3 is 1.48 bits per heavy atom. The van der Waals surface area contributed by atoms with Crippen LogP contribution < -0.4 is 0 Å². The molecule has 0 unspecified atom stereocenters. The molecule has 2 rings (SSSR count). The van der Waals surface area contributed by atoms with Crippen LogP contribution in [0.3, 0.4) is 0 Å². The van der Waals surface area contributed by atoms with E-state index in [1.54, 1.807) is 24.3 Å². The Morgan fingerprint density at radius 1 is 0.739 bits per heavy atom. The molecule has 0 atom stereocenters. The van der Waals surface area contributed by atoms with Crippen LogP contribution in [0.15, 0.2) is 46.4 Å². The molecule has 0 bridgehead atoms. The van der Waals surface area contributed by atoms with Gasteiger partial charge in [0.1, 0.15) is 0 Å². The van der Waals surface area contributed by atoms with E-state index < -0.39 is 0 Å². The number of aliphatic imine (C=N–C) groups is 2. The van der Waals surface area contributed by atoms with E-state index in [1.165, 1.54) is 0 Å². The van der Waals surface area contributed by atoms with Gasteiger partial charge in [-0.2, -0.15) is 9.98 Å². The monoisotopic (exact) mass is 346 g/mol. The van der Waals surface area contributed by atoms with Crippen molar-refractivity contribution in [2.24, 2.45) is 9.98 Å². The van der Waals surface area contributed by atoms with Crippen LogP contribution in [-0.4, -0.2) is 12.2 Å². The lowest BCUT2D eigenvalue weighted by atomic mass is 9.98. The first kappa shape index (κ1) is 17.1. The molecule has 0 N–H and O–H groups in total. The van der Waals surface area contributed by atoms with Crippen molar-refractivity contribution in [2.75, 3.05) is 0 Å². The predicted molar refractivity (Wildman–Crippen MR) is 90.4 cm³/mol. The number of carbonyl (C=O) groups excluding carboxylic acids is 2. The van der Waals surface area contributed by atoms with Crippen molar-refractivity contribution in [2.45, 2.75) is 18.2 Å². The molecule has 2 aromatic rings. The highest BCUT2D eigenvalue weighted by molar-refractivity contribution is 6.17. The number of hydrogen-bond donors (Lipinski definition) is 0. The van der Waals surface area contributed by atoms with Crippen LogP contribution in [0.4, 0.5) is 11.4 Å². The Labute approximate surface area is 143 Å². The molecule has 0 fully saturated rings. The Balaban J connectivity index is 2.56. The summed E-state index contributed by atoms with van der Waals surface area (Å²) in [6, 6.07) is 11.0. The molecule has 6 heteroatoms. The van der Waals surface area contributed by atoms with E-state index in [4.69, 9.17) is 23.2 Å². The van der Waals surface area contributed by atoms with Crippen LogP contribution in [0.5, 0.6) is 0 Å². The van der Waals surface area contributed by atoms with Gasteiger partial charge in [-0.05, 0) is 22.3 Å². The first-order chi connectivity index (χ1) is 11.2. The topological polar surface area (TPSA) is 58.9 Å². The number of rotatable bonds is 6. The molecule has 0 heterocycles. The minimum Gasteiger partial charge on any atom is -0.211 e. The number of alkyl halides is 2. The summed E-state index contributed by atoms with van der Waals surface area (Å²) in [6.45, 7) is 0. The maximum atomic E-state index is 10.7. The van der Waals surface area contributed by atoms with E-state index in [9.17, 15) is 9.59 Å². The second kappa shape index (κ2) is 8.42. The molecule has 2 aromatic carbocycles. The van der Waals surface area contributed by atoms with Crippen LogP contribution in [0.25, 0.3) is 0 Å². The first-order valence-corrected chi connectivity index (χ1v) is 7.81. The van der Waals surface area contributed by atoms with Gasteiger partial charge in [-0.3, -0.25) is 0 Å². The van der Waals surface area contributed by atoms with Crippen molar-refractivity contribution in [3.63, 3.8) is 0 Å². The fraction of sp³-hybridized carbons (Fsp3) is 0.176. The maximum Gasteiger partial charge on any atom is 0.240 e. The molecule has 116 valence electrons. The fourth-order valence-corrected chi connectivity index (χ4v) is 2.81. The molecular formula is C17H12Cl2N2O2. The van der Waals surface area contributed by atoms with Gasteiger partial charge in [0.05, 0.1) is 11.4 Å². The normalized spacial score (nSPS) is 9.83.